The summed E-state index contributed by atoms with van der Waals surface area (Å²) in [5.41, 5.74) is 2.57. The Bertz CT molecular complexity index is 732. The van der Waals surface area contributed by atoms with Crippen molar-refractivity contribution < 1.29 is 0 Å². The van der Waals surface area contributed by atoms with E-state index in [9.17, 15) is 0 Å². The predicted molar refractivity (Wildman–Crippen MR) is 88.8 cm³/mol. The van der Waals surface area contributed by atoms with Gasteiger partial charge in [0.2, 0.25) is 0 Å². The summed E-state index contributed by atoms with van der Waals surface area (Å²) >= 11 is 11.7. The number of hydrogen-bond donors (Lipinski definition) is 0. The standard InChI is InChI=1S/C16H12BrClS/c1-10-6-7-13(12-5-3-2-4-11(10)12)15(17)16-14(18)8-9-19-16/h2-9,15H,1H3. The van der Waals surface area contributed by atoms with Crippen molar-refractivity contribution in [3.05, 3.63) is 68.9 Å². The predicted octanol–water partition coefficient (Wildman–Crippen LogP) is 6.35. The third kappa shape index (κ3) is 2.33. The molecule has 96 valence electrons. The van der Waals surface area contributed by atoms with Crippen LogP contribution in [-0.2, 0) is 0 Å². The van der Waals surface area contributed by atoms with Gasteiger partial charge in [-0.05, 0) is 40.3 Å². The molecule has 0 amide bonds. The third-order valence-corrected chi connectivity index (χ3v) is 6.00. The van der Waals surface area contributed by atoms with Gasteiger partial charge in [0.15, 0.2) is 0 Å². The fraction of sp³-hybridized carbons (Fsp3) is 0.125. The smallest absolute Gasteiger partial charge is 0.0758 e. The van der Waals surface area contributed by atoms with Crippen LogP contribution in [0.25, 0.3) is 10.8 Å². The highest BCUT2D eigenvalue weighted by atomic mass is 79.9. The monoisotopic (exact) mass is 350 g/mol. The topological polar surface area (TPSA) is 0 Å². The van der Waals surface area contributed by atoms with Crippen LogP contribution in [0.2, 0.25) is 5.02 Å². The van der Waals surface area contributed by atoms with Gasteiger partial charge in [-0.3, -0.25) is 0 Å². The number of hydrogen-bond acceptors (Lipinski definition) is 1. The van der Waals surface area contributed by atoms with E-state index in [0.717, 1.165) is 9.90 Å². The lowest BCUT2D eigenvalue weighted by atomic mass is 9.98. The van der Waals surface area contributed by atoms with Crippen molar-refractivity contribution in [3.8, 4) is 0 Å². The van der Waals surface area contributed by atoms with Gasteiger partial charge in [0.25, 0.3) is 0 Å². The Morgan fingerprint density at radius 3 is 2.47 bits per heavy atom. The molecule has 1 unspecified atom stereocenters. The first kappa shape index (κ1) is 13.2. The summed E-state index contributed by atoms with van der Waals surface area (Å²) in [7, 11) is 0. The number of aryl methyl sites for hydroxylation is 1. The number of benzene rings is 2. The van der Waals surface area contributed by atoms with Gasteiger partial charge in [-0.15, -0.1) is 11.3 Å². The van der Waals surface area contributed by atoms with Crippen molar-refractivity contribution in [1.29, 1.82) is 0 Å². The van der Waals surface area contributed by atoms with Crippen LogP contribution in [-0.4, -0.2) is 0 Å². The maximum atomic E-state index is 6.25. The molecule has 1 atom stereocenters. The second kappa shape index (κ2) is 5.28. The molecule has 1 aromatic heterocycles. The molecule has 0 nitrogen and oxygen atoms in total. The molecule has 19 heavy (non-hydrogen) atoms. The van der Waals surface area contributed by atoms with Gasteiger partial charge in [-0.1, -0.05) is 63.9 Å². The Labute approximate surface area is 130 Å². The molecule has 0 saturated carbocycles. The Morgan fingerprint density at radius 2 is 1.79 bits per heavy atom. The first-order valence-electron chi connectivity index (χ1n) is 6.03. The highest BCUT2D eigenvalue weighted by Gasteiger charge is 2.17. The van der Waals surface area contributed by atoms with E-state index in [2.05, 4.69) is 59.3 Å². The van der Waals surface area contributed by atoms with Crippen molar-refractivity contribution in [2.24, 2.45) is 0 Å². The van der Waals surface area contributed by atoms with E-state index in [1.165, 1.54) is 21.9 Å². The van der Waals surface area contributed by atoms with Gasteiger partial charge in [0.1, 0.15) is 0 Å². The van der Waals surface area contributed by atoms with E-state index in [1.807, 2.05) is 11.4 Å². The molecule has 0 fully saturated rings. The molecule has 0 radical (unpaired) electrons. The van der Waals surface area contributed by atoms with E-state index < -0.39 is 0 Å². The van der Waals surface area contributed by atoms with Crippen LogP contribution in [0.4, 0.5) is 0 Å². The Balaban J connectivity index is 2.21. The number of alkyl halides is 1. The van der Waals surface area contributed by atoms with Crippen LogP contribution in [0.15, 0.2) is 47.8 Å². The summed E-state index contributed by atoms with van der Waals surface area (Å²) in [6.45, 7) is 2.15. The molecule has 0 aliphatic heterocycles. The zero-order valence-electron chi connectivity index (χ0n) is 10.4. The van der Waals surface area contributed by atoms with Gasteiger partial charge in [-0.25, -0.2) is 0 Å². The van der Waals surface area contributed by atoms with E-state index in [1.54, 1.807) is 11.3 Å². The van der Waals surface area contributed by atoms with E-state index in [-0.39, 0.29) is 4.83 Å². The van der Waals surface area contributed by atoms with Gasteiger partial charge < -0.3 is 0 Å². The second-order valence-corrected chi connectivity index (χ2v) is 6.78. The molecule has 0 spiro atoms. The van der Waals surface area contributed by atoms with E-state index >= 15 is 0 Å². The minimum Gasteiger partial charge on any atom is -0.146 e. The number of fused-ring (bicyclic) bond motifs is 1. The summed E-state index contributed by atoms with van der Waals surface area (Å²) in [5, 5.41) is 5.45. The second-order valence-electron chi connectivity index (χ2n) is 4.51. The SMILES string of the molecule is Cc1ccc(C(Br)c2sccc2Cl)c2ccccc12. The van der Waals surface area contributed by atoms with Crippen molar-refractivity contribution in [3.63, 3.8) is 0 Å². The average molecular weight is 352 g/mol. The summed E-state index contributed by atoms with van der Waals surface area (Å²) < 4.78 is 0. The summed E-state index contributed by atoms with van der Waals surface area (Å²) in [6, 6.07) is 14.8. The minimum absolute atomic E-state index is 0.144. The lowest BCUT2D eigenvalue weighted by molar-refractivity contribution is 1.24. The first-order chi connectivity index (χ1) is 9.18. The fourth-order valence-corrected chi connectivity index (χ4v) is 4.58. The lowest BCUT2D eigenvalue weighted by Crippen LogP contribution is -1.93. The van der Waals surface area contributed by atoms with Gasteiger partial charge in [0, 0.05) is 4.88 Å². The van der Waals surface area contributed by atoms with Crippen LogP contribution in [0.3, 0.4) is 0 Å². The Morgan fingerprint density at radius 1 is 1.05 bits per heavy atom. The molecule has 1 heterocycles. The molecule has 0 N–H and O–H groups in total. The minimum atomic E-state index is 0.144. The normalized spacial score (nSPS) is 12.8. The molecule has 2 aromatic carbocycles. The molecule has 0 bridgehead atoms. The van der Waals surface area contributed by atoms with Crippen LogP contribution >= 0.6 is 38.9 Å². The maximum absolute atomic E-state index is 6.25. The van der Waals surface area contributed by atoms with Gasteiger partial charge >= 0.3 is 0 Å². The van der Waals surface area contributed by atoms with Gasteiger partial charge in [-0.2, -0.15) is 0 Å². The third-order valence-electron chi connectivity index (χ3n) is 3.32. The van der Waals surface area contributed by atoms with Crippen LogP contribution in [0, 0.1) is 6.92 Å². The van der Waals surface area contributed by atoms with E-state index in [4.69, 9.17) is 11.6 Å². The molecular formula is C16H12BrClS. The summed E-state index contributed by atoms with van der Waals surface area (Å²) in [6.07, 6.45) is 0. The molecule has 3 heteroatoms. The van der Waals surface area contributed by atoms with E-state index in [0.29, 0.717) is 0 Å². The summed E-state index contributed by atoms with van der Waals surface area (Å²) in [5.74, 6) is 0. The first-order valence-corrected chi connectivity index (χ1v) is 8.21. The molecule has 3 aromatic rings. The number of rotatable bonds is 2. The van der Waals surface area contributed by atoms with Crippen LogP contribution in [0.1, 0.15) is 20.8 Å². The molecular weight excluding hydrogens is 340 g/mol. The molecule has 0 aliphatic rings. The zero-order chi connectivity index (χ0) is 13.4. The molecule has 0 aliphatic carbocycles. The number of halogens is 2. The zero-order valence-corrected chi connectivity index (χ0v) is 13.5. The maximum Gasteiger partial charge on any atom is 0.0758 e. The van der Waals surface area contributed by atoms with Crippen LogP contribution < -0.4 is 0 Å². The molecule has 3 rings (SSSR count). The largest absolute Gasteiger partial charge is 0.146 e. The van der Waals surface area contributed by atoms with Crippen LogP contribution in [0.5, 0.6) is 0 Å². The highest BCUT2D eigenvalue weighted by molar-refractivity contribution is 9.09. The number of thiophene rings is 1. The van der Waals surface area contributed by atoms with Crippen molar-refractivity contribution in [1.82, 2.24) is 0 Å². The van der Waals surface area contributed by atoms with Crippen molar-refractivity contribution >= 4 is 49.6 Å². The molecule has 0 saturated heterocycles. The Hall–Kier alpha value is -0.830. The van der Waals surface area contributed by atoms with Crippen molar-refractivity contribution in [2.45, 2.75) is 11.8 Å². The van der Waals surface area contributed by atoms with Gasteiger partial charge in [0.05, 0.1) is 9.85 Å². The average Bonchev–Trinajstić information content (AvgIpc) is 2.85. The lowest BCUT2D eigenvalue weighted by Gasteiger charge is -2.14. The highest BCUT2D eigenvalue weighted by Crippen LogP contribution is 2.41. The Kier molecular flexibility index (Phi) is 3.66. The quantitative estimate of drug-likeness (QED) is 0.472. The van der Waals surface area contributed by atoms with Crippen molar-refractivity contribution in [2.75, 3.05) is 0 Å². The summed E-state index contributed by atoms with van der Waals surface area (Å²) in [4.78, 5) is 1.31. The fourth-order valence-electron chi connectivity index (χ4n) is 2.32.